The second-order valence-corrected chi connectivity index (χ2v) is 5.51. The van der Waals surface area contributed by atoms with Crippen LogP contribution in [0, 0.1) is 0 Å². The van der Waals surface area contributed by atoms with Crippen molar-refractivity contribution in [3.05, 3.63) is 36.7 Å². The van der Waals surface area contributed by atoms with Crippen molar-refractivity contribution in [3.8, 4) is 17.5 Å². The van der Waals surface area contributed by atoms with Crippen molar-refractivity contribution in [3.63, 3.8) is 0 Å². The van der Waals surface area contributed by atoms with Crippen molar-refractivity contribution in [2.45, 2.75) is 12.5 Å². The van der Waals surface area contributed by atoms with Gasteiger partial charge in [0.2, 0.25) is 0 Å². The number of likely N-dealkylation sites (tertiary alicyclic amines) is 1. The largest absolute Gasteiger partial charge is 0.497 e. The summed E-state index contributed by atoms with van der Waals surface area (Å²) >= 11 is 0. The molecule has 1 atom stereocenters. The number of rotatable bonds is 5. The highest BCUT2D eigenvalue weighted by Crippen LogP contribution is 2.24. The number of carbonyl (C=O) groups is 1. The first kappa shape index (κ1) is 16.8. The zero-order valence-electron chi connectivity index (χ0n) is 14.1. The summed E-state index contributed by atoms with van der Waals surface area (Å²) in [4.78, 5) is 22.3. The second-order valence-electron chi connectivity index (χ2n) is 5.51. The molecule has 1 N–H and O–H groups in total. The Kier molecular flexibility index (Phi) is 5.17. The fourth-order valence-electron chi connectivity index (χ4n) is 2.60. The number of hydrogen-bond acceptors (Lipinski definition) is 6. The van der Waals surface area contributed by atoms with Gasteiger partial charge in [0.25, 0.3) is 11.8 Å². The van der Waals surface area contributed by atoms with Crippen molar-refractivity contribution in [2.75, 3.05) is 32.6 Å². The molecule has 8 nitrogen and oxygen atoms in total. The van der Waals surface area contributed by atoms with Crippen LogP contribution in [0.15, 0.2) is 36.7 Å². The number of carbonyl (C=O) groups excluding carboxylic acids is 1. The molecule has 1 saturated heterocycles. The highest BCUT2D eigenvalue weighted by molar-refractivity contribution is 5.89. The van der Waals surface area contributed by atoms with E-state index in [1.807, 2.05) is 18.2 Å². The number of nitrogens with zero attached hydrogens (tertiary/aromatic N) is 3. The van der Waals surface area contributed by atoms with E-state index in [0.717, 1.165) is 0 Å². The summed E-state index contributed by atoms with van der Waals surface area (Å²) in [6, 6.07) is 7.06. The van der Waals surface area contributed by atoms with Crippen LogP contribution < -0.4 is 19.5 Å². The van der Waals surface area contributed by atoms with Crippen molar-refractivity contribution < 1.29 is 19.0 Å². The molecule has 0 spiro atoms. The van der Waals surface area contributed by atoms with Gasteiger partial charge in [-0.05, 0) is 12.1 Å². The van der Waals surface area contributed by atoms with E-state index in [1.54, 1.807) is 24.3 Å². The first-order valence-corrected chi connectivity index (χ1v) is 7.91. The Morgan fingerprint density at radius 2 is 2.00 bits per heavy atom. The van der Waals surface area contributed by atoms with E-state index < -0.39 is 0 Å². The Bertz CT molecular complexity index is 740. The standard InChI is InChI=1S/C17H20N4O4/c1-23-13-5-3-4-12(10-13)20-17(22)21-9-6-14(11-21)25-16-15(24-2)18-7-8-19-16/h3-5,7-8,10,14H,6,9,11H2,1-2H3,(H,20,22). The number of methoxy groups -OCH3 is 2. The summed E-state index contributed by atoms with van der Waals surface area (Å²) < 4.78 is 16.1. The first-order chi connectivity index (χ1) is 12.2. The van der Waals surface area contributed by atoms with Gasteiger partial charge in [-0.25, -0.2) is 14.8 Å². The van der Waals surface area contributed by atoms with E-state index in [0.29, 0.717) is 42.7 Å². The topological polar surface area (TPSA) is 85.8 Å². The molecule has 8 heteroatoms. The van der Waals surface area contributed by atoms with Crippen molar-refractivity contribution >= 4 is 11.7 Å². The SMILES string of the molecule is COc1cccc(NC(=O)N2CCC(Oc3nccnc3OC)C2)c1. The highest BCUT2D eigenvalue weighted by atomic mass is 16.5. The van der Waals surface area contributed by atoms with Gasteiger partial charge in [-0.1, -0.05) is 6.07 Å². The average molecular weight is 344 g/mol. The Balaban J connectivity index is 1.57. The molecule has 2 heterocycles. The Labute approximate surface area is 145 Å². The second kappa shape index (κ2) is 7.69. The fourth-order valence-corrected chi connectivity index (χ4v) is 2.60. The predicted octanol–water partition coefficient (Wildman–Crippen LogP) is 2.18. The normalized spacial score (nSPS) is 16.4. The minimum Gasteiger partial charge on any atom is -0.497 e. The van der Waals surface area contributed by atoms with Gasteiger partial charge in [0.15, 0.2) is 0 Å². The molecule has 0 saturated carbocycles. The summed E-state index contributed by atoms with van der Waals surface area (Å²) in [6.45, 7) is 1.07. The van der Waals surface area contributed by atoms with Crippen LogP contribution in [0.2, 0.25) is 0 Å². The van der Waals surface area contributed by atoms with E-state index in [1.165, 1.54) is 13.3 Å². The summed E-state index contributed by atoms with van der Waals surface area (Å²) in [7, 11) is 3.10. The first-order valence-electron chi connectivity index (χ1n) is 7.91. The van der Waals surface area contributed by atoms with Gasteiger partial charge in [-0.15, -0.1) is 0 Å². The van der Waals surface area contributed by atoms with E-state index >= 15 is 0 Å². The lowest BCUT2D eigenvalue weighted by Crippen LogP contribution is -2.34. The number of urea groups is 1. The monoisotopic (exact) mass is 344 g/mol. The molecule has 25 heavy (non-hydrogen) atoms. The van der Waals surface area contributed by atoms with Crippen LogP contribution in [0.5, 0.6) is 17.5 Å². The van der Waals surface area contributed by atoms with Gasteiger partial charge in [0.05, 0.1) is 20.8 Å². The quantitative estimate of drug-likeness (QED) is 0.895. The molecule has 0 radical (unpaired) electrons. The molecule has 2 amide bonds. The molecule has 1 aromatic carbocycles. The highest BCUT2D eigenvalue weighted by Gasteiger charge is 2.29. The Morgan fingerprint density at radius 3 is 2.76 bits per heavy atom. The fraction of sp³-hybridized carbons (Fsp3) is 0.353. The number of amides is 2. The maximum Gasteiger partial charge on any atom is 0.321 e. The summed E-state index contributed by atoms with van der Waals surface area (Å²) in [5.74, 6) is 1.36. The Hall–Kier alpha value is -3.03. The van der Waals surface area contributed by atoms with Crippen molar-refractivity contribution in [1.82, 2.24) is 14.9 Å². The maximum atomic E-state index is 12.4. The van der Waals surface area contributed by atoms with Crippen LogP contribution in [-0.2, 0) is 0 Å². The molecule has 132 valence electrons. The molecule has 0 aliphatic carbocycles. The smallest absolute Gasteiger partial charge is 0.321 e. The van der Waals surface area contributed by atoms with E-state index in [-0.39, 0.29) is 12.1 Å². The summed E-state index contributed by atoms with van der Waals surface area (Å²) in [5, 5.41) is 2.86. The number of ether oxygens (including phenoxy) is 3. The van der Waals surface area contributed by atoms with Gasteiger partial charge in [-0.3, -0.25) is 0 Å². The van der Waals surface area contributed by atoms with Crippen LogP contribution in [-0.4, -0.2) is 54.3 Å². The third-order valence-electron chi connectivity index (χ3n) is 3.86. The number of anilines is 1. The molecule has 1 aromatic heterocycles. The third kappa shape index (κ3) is 4.09. The lowest BCUT2D eigenvalue weighted by Gasteiger charge is -2.18. The third-order valence-corrected chi connectivity index (χ3v) is 3.86. The van der Waals surface area contributed by atoms with Gasteiger partial charge >= 0.3 is 6.03 Å². The zero-order chi connectivity index (χ0) is 17.6. The van der Waals surface area contributed by atoms with Crippen LogP contribution in [0.1, 0.15) is 6.42 Å². The molecular weight excluding hydrogens is 324 g/mol. The minimum atomic E-state index is -0.175. The molecule has 1 unspecified atom stereocenters. The molecule has 0 bridgehead atoms. The summed E-state index contributed by atoms with van der Waals surface area (Å²) in [5.41, 5.74) is 0.685. The van der Waals surface area contributed by atoms with Crippen LogP contribution in [0.25, 0.3) is 0 Å². The molecule has 1 fully saturated rings. The summed E-state index contributed by atoms with van der Waals surface area (Å²) in [6.07, 6.45) is 3.64. The molecule has 2 aromatic rings. The zero-order valence-corrected chi connectivity index (χ0v) is 14.1. The maximum absolute atomic E-state index is 12.4. The molecular formula is C17H20N4O4. The number of hydrogen-bond donors (Lipinski definition) is 1. The predicted molar refractivity (Wildman–Crippen MR) is 91.2 cm³/mol. The lowest BCUT2D eigenvalue weighted by molar-refractivity contribution is 0.182. The van der Waals surface area contributed by atoms with Crippen molar-refractivity contribution in [2.24, 2.45) is 0 Å². The van der Waals surface area contributed by atoms with Crippen molar-refractivity contribution in [1.29, 1.82) is 0 Å². The van der Waals surface area contributed by atoms with E-state index in [9.17, 15) is 4.79 Å². The number of benzene rings is 1. The average Bonchev–Trinajstić information content (AvgIpc) is 3.11. The number of aromatic nitrogens is 2. The van der Waals surface area contributed by atoms with Gasteiger partial charge < -0.3 is 24.4 Å². The lowest BCUT2D eigenvalue weighted by atomic mass is 10.3. The van der Waals surface area contributed by atoms with Gasteiger partial charge in [0.1, 0.15) is 11.9 Å². The van der Waals surface area contributed by atoms with Crippen LogP contribution in [0.4, 0.5) is 10.5 Å². The Morgan fingerprint density at radius 1 is 1.20 bits per heavy atom. The van der Waals surface area contributed by atoms with Gasteiger partial charge in [0, 0.05) is 37.1 Å². The van der Waals surface area contributed by atoms with E-state index in [2.05, 4.69) is 15.3 Å². The molecule has 1 aliphatic heterocycles. The van der Waals surface area contributed by atoms with Gasteiger partial charge in [-0.2, -0.15) is 0 Å². The minimum absolute atomic E-state index is 0.151. The van der Waals surface area contributed by atoms with E-state index in [4.69, 9.17) is 14.2 Å². The number of nitrogens with one attached hydrogen (secondary N) is 1. The van der Waals surface area contributed by atoms with Crippen LogP contribution >= 0.6 is 0 Å². The molecule has 3 rings (SSSR count). The van der Waals surface area contributed by atoms with Crippen LogP contribution in [0.3, 0.4) is 0 Å². The molecule has 1 aliphatic rings.